The predicted octanol–water partition coefficient (Wildman–Crippen LogP) is 2.27. The summed E-state index contributed by atoms with van der Waals surface area (Å²) in [5, 5.41) is 8.98. The summed E-state index contributed by atoms with van der Waals surface area (Å²) in [7, 11) is 0. The van der Waals surface area contributed by atoms with Crippen molar-refractivity contribution in [1.82, 2.24) is 9.97 Å². The fourth-order valence-electron chi connectivity index (χ4n) is 0.875. The molecule has 0 aliphatic heterocycles. The van der Waals surface area contributed by atoms with Crippen molar-refractivity contribution in [3.63, 3.8) is 0 Å². The molecule has 7 heteroatoms. The van der Waals surface area contributed by atoms with Crippen LogP contribution < -0.4 is 0 Å². The van der Waals surface area contributed by atoms with E-state index >= 15 is 0 Å². The highest BCUT2D eigenvalue weighted by Gasteiger charge is 2.34. The van der Waals surface area contributed by atoms with Gasteiger partial charge < -0.3 is 5.11 Å². The lowest BCUT2D eigenvalue weighted by Crippen LogP contribution is -2.15. The first kappa shape index (κ1) is 13.7. The van der Waals surface area contributed by atoms with Gasteiger partial charge in [-0.25, -0.2) is 9.97 Å². The summed E-state index contributed by atoms with van der Waals surface area (Å²) in [4.78, 5) is 6.65. The van der Waals surface area contributed by atoms with Crippen LogP contribution >= 0.6 is 11.6 Å². The minimum atomic E-state index is -4.62. The van der Waals surface area contributed by atoms with E-state index in [0.717, 1.165) is 0 Å². The highest BCUT2D eigenvalue weighted by molar-refractivity contribution is 6.28. The first-order chi connectivity index (χ1) is 7.59. The minimum Gasteiger partial charge on any atom is -0.378 e. The predicted molar refractivity (Wildman–Crippen MR) is 55.2 cm³/mol. The van der Waals surface area contributed by atoms with Gasteiger partial charge in [-0.1, -0.05) is 5.92 Å². The number of hydrogen-bond acceptors (Lipinski definition) is 3. The van der Waals surface area contributed by atoms with Crippen LogP contribution in [-0.2, 0) is 6.18 Å². The summed E-state index contributed by atoms with van der Waals surface area (Å²) < 4.78 is 37.6. The van der Waals surface area contributed by atoms with Gasteiger partial charge in [0.1, 0.15) is 16.9 Å². The Balaban J connectivity index is 3.30. The van der Waals surface area contributed by atoms with Gasteiger partial charge in [-0.2, -0.15) is 13.2 Å². The number of hydrogen-bond donors (Lipinski definition) is 1. The molecule has 92 valence electrons. The van der Waals surface area contributed by atoms with Gasteiger partial charge in [-0.05, 0) is 31.4 Å². The first-order valence-electron chi connectivity index (χ1n) is 4.45. The maximum absolute atomic E-state index is 12.5. The molecule has 0 aliphatic carbocycles. The average Bonchev–Trinajstić information content (AvgIpc) is 2.11. The van der Waals surface area contributed by atoms with E-state index in [1.54, 1.807) is 0 Å². The molecule has 0 spiro atoms. The molecule has 1 rings (SSSR count). The number of nitrogens with zero attached hydrogens (tertiary/aromatic N) is 2. The van der Waals surface area contributed by atoms with Gasteiger partial charge in [0, 0.05) is 6.20 Å². The van der Waals surface area contributed by atoms with E-state index in [4.69, 9.17) is 11.6 Å². The lowest BCUT2D eigenvalue weighted by molar-refractivity contribution is -0.138. The smallest absolute Gasteiger partial charge is 0.378 e. The van der Waals surface area contributed by atoms with E-state index in [1.165, 1.54) is 13.8 Å². The standard InChI is InChI=1S/C10H8ClF3N2O/c1-9(2,17)4-3-7-6(10(12,13)14)5-15-8(11)16-7/h5,17H,1-2H3. The van der Waals surface area contributed by atoms with Crippen LogP contribution in [0.5, 0.6) is 0 Å². The first-order valence-corrected chi connectivity index (χ1v) is 4.83. The molecule has 17 heavy (non-hydrogen) atoms. The summed E-state index contributed by atoms with van der Waals surface area (Å²) in [6.07, 6.45) is -4.06. The summed E-state index contributed by atoms with van der Waals surface area (Å²) in [6, 6.07) is 0. The Hall–Kier alpha value is -1.32. The molecule has 0 bridgehead atoms. The Bertz CT molecular complexity index is 483. The van der Waals surface area contributed by atoms with Crippen molar-refractivity contribution < 1.29 is 18.3 Å². The van der Waals surface area contributed by atoms with Crippen LogP contribution in [0.2, 0.25) is 5.28 Å². The largest absolute Gasteiger partial charge is 0.420 e. The van der Waals surface area contributed by atoms with E-state index in [-0.39, 0.29) is 5.28 Å². The van der Waals surface area contributed by atoms with Gasteiger partial charge in [0.25, 0.3) is 0 Å². The zero-order valence-electron chi connectivity index (χ0n) is 8.93. The third-order valence-electron chi connectivity index (χ3n) is 1.55. The third-order valence-corrected chi connectivity index (χ3v) is 1.73. The molecule has 1 aromatic heterocycles. The second kappa shape index (κ2) is 4.51. The molecule has 1 aromatic rings. The lowest BCUT2D eigenvalue weighted by Gasteiger charge is -2.09. The normalized spacial score (nSPS) is 11.9. The zero-order chi connectivity index (χ0) is 13.3. The summed E-state index contributed by atoms with van der Waals surface area (Å²) in [5.41, 5.74) is -3.06. The lowest BCUT2D eigenvalue weighted by atomic mass is 10.1. The van der Waals surface area contributed by atoms with E-state index in [2.05, 4.69) is 21.8 Å². The zero-order valence-corrected chi connectivity index (χ0v) is 9.69. The van der Waals surface area contributed by atoms with Crippen molar-refractivity contribution in [3.05, 3.63) is 22.7 Å². The van der Waals surface area contributed by atoms with Gasteiger partial charge >= 0.3 is 6.18 Å². The maximum Gasteiger partial charge on any atom is 0.420 e. The molecule has 0 fully saturated rings. The molecule has 0 saturated carbocycles. The minimum absolute atomic E-state index is 0.335. The molecule has 3 nitrogen and oxygen atoms in total. The number of alkyl halides is 3. The number of aromatic nitrogens is 2. The molecule has 0 radical (unpaired) electrons. The molecule has 0 atom stereocenters. The average molecular weight is 265 g/mol. The molecule has 0 amide bonds. The molecular weight excluding hydrogens is 257 g/mol. The van der Waals surface area contributed by atoms with E-state index in [0.29, 0.717) is 6.20 Å². The number of halogens is 4. The molecule has 0 unspecified atom stereocenters. The van der Waals surface area contributed by atoms with Gasteiger partial charge in [0.15, 0.2) is 0 Å². The quantitative estimate of drug-likeness (QED) is 0.578. The van der Waals surface area contributed by atoms with Crippen LogP contribution in [0.15, 0.2) is 6.20 Å². The molecule has 1 heterocycles. The van der Waals surface area contributed by atoms with E-state index in [9.17, 15) is 18.3 Å². The maximum atomic E-state index is 12.5. The van der Waals surface area contributed by atoms with Crippen molar-refractivity contribution >= 4 is 11.6 Å². The Morgan fingerprint density at radius 2 is 1.94 bits per heavy atom. The van der Waals surface area contributed by atoms with E-state index < -0.39 is 23.0 Å². The Morgan fingerprint density at radius 1 is 1.35 bits per heavy atom. The highest BCUT2D eigenvalue weighted by Crippen LogP contribution is 2.30. The Kier molecular flexibility index (Phi) is 3.65. The van der Waals surface area contributed by atoms with Crippen LogP contribution in [-0.4, -0.2) is 20.7 Å². The Morgan fingerprint density at radius 3 is 2.41 bits per heavy atom. The fourth-order valence-corrected chi connectivity index (χ4v) is 1.01. The van der Waals surface area contributed by atoms with Crippen LogP contribution in [0.4, 0.5) is 13.2 Å². The van der Waals surface area contributed by atoms with Crippen LogP contribution in [0.25, 0.3) is 0 Å². The van der Waals surface area contributed by atoms with Gasteiger partial charge in [0.2, 0.25) is 5.28 Å². The second-order valence-electron chi connectivity index (χ2n) is 3.71. The van der Waals surface area contributed by atoms with Crippen LogP contribution in [0, 0.1) is 11.8 Å². The SMILES string of the molecule is CC(C)(O)C#Cc1nc(Cl)ncc1C(F)(F)F. The van der Waals surface area contributed by atoms with Gasteiger partial charge in [-0.3, -0.25) is 0 Å². The fraction of sp³-hybridized carbons (Fsp3) is 0.400. The van der Waals surface area contributed by atoms with Gasteiger partial charge in [-0.15, -0.1) is 0 Å². The van der Waals surface area contributed by atoms with Crippen molar-refractivity contribution in [2.24, 2.45) is 0 Å². The summed E-state index contributed by atoms with van der Waals surface area (Å²) >= 11 is 5.40. The Labute approximate surface area is 101 Å². The summed E-state index contributed by atoms with van der Waals surface area (Å²) in [5.74, 6) is 4.38. The second-order valence-corrected chi connectivity index (χ2v) is 4.05. The summed E-state index contributed by atoms with van der Waals surface area (Å²) in [6.45, 7) is 2.69. The molecule has 0 aliphatic rings. The van der Waals surface area contributed by atoms with E-state index in [1.807, 2.05) is 0 Å². The third kappa shape index (κ3) is 4.21. The molecule has 0 aromatic carbocycles. The number of rotatable bonds is 0. The molecule has 0 saturated heterocycles. The molecule has 1 N–H and O–H groups in total. The topological polar surface area (TPSA) is 46.0 Å². The molecular formula is C10H8ClF3N2O. The van der Waals surface area contributed by atoms with Gasteiger partial charge in [0.05, 0.1) is 0 Å². The highest BCUT2D eigenvalue weighted by atomic mass is 35.5. The van der Waals surface area contributed by atoms with Crippen molar-refractivity contribution in [2.45, 2.75) is 25.6 Å². The number of aliphatic hydroxyl groups is 1. The van der Waals surface area contributed by atoms with Crippen molar-refractivity contribution in [3.8, 4) is 11.8 Å². The van der Waals surface area contributed by atoms with Crippen molar-refractivity contribution in [2.75, 3.05) is 0 Å². The monoisotopic (exact) mass is 264 g/mol. The van der Waals surface area contributed by atoms with Crippen LogP contribution in [0.3, 0.4) is 0 Å². The van der Waals surface area contributed by atoms with Crippen LogP contribution in [0.1, 0.15) is 25.1 Å². The van der Waals surface area contributed by atoms with Crippen molar-refractivity contribution in [1.29, 1.82) is 0 Å².